The smallest absolute Gasteiger partial charge is 0.334 e. The normalized spacial score (nSPS) is 31.1. The van der Waals surface area contributed by atoms with E-state index >= 15 is 0 Å². The van der Waals surface area contributed by atoms with Gasteiger partial charge in [-0.15, -0.1) is 0 Å². The molecule has 0 spiro atoms. The van der Waals surface area contributed by atoms with Gasteiger partial charge in [0.05, 0.1) is 6.42 Å². The lowest BCUT2D eigenvalue weighted by Gasteiger charge is -2.40. The molecule has 2 heterocycles. The van der Waals surface area contributed by atoms with E-state index in [1.165, 1.54) is 11.8 Å². The Hall–Kier alpha value is -1.82. The van der Waals surface area contributed by atoms with Gasteiger partial charge in [-0.05, 0) is 25.1 Å². The molecule has 0 amide bonds. The molecular weight excluding hydrogens is 278 g/mol. The predicted molar refractivity (Wildman–Crippen MR) is 74.2 cm³/mol. The number of carbonyl (C=O) groups excluding carboxylic acids is 1. The minimum absolute atomic E-state index is 0.244. The average molecular weight is 291 g/mol. The van der Waals surface area contributed by atoms with Crippen LogP contribution in [-0.4, -0.2) is 27.8 Å². The van der Waals surface area contributed by atoms with Crippen LogP contribution in [0.25, 0.3) is 0 Å². The number of carbonyl (C=O) groups is 1. The molecule has 1 aliphatic carbocycles. The summed E-state index contributed by atoms with van der Waals surface area (Å²) < 4.78 is 3.97. The Morgan fingerprint density at radius 2 is 2.10 bits per heavy atom. The first kappa shape index (κ1) is 13.2. The van der Waals surface area contributed by atoms with E-state index in [0.717, 1.165) is 10.5 Å². The highest BCUT2D eigenvalue weighted by Gasteiger charge is 2.60. The third-order valence-corrected chi connectivity index (χ3v) is 5.07. The lowest BCUT2D eigenvalue weighted by atomic mass is 9.85. The predicted octanol–water partition coefficient (Wildman–Crippen LogP) is 2.36. The van der Waals surface area contributed by atoms with E-state index in [-0.39, 0.29) is 11.3 Å². The summed E-state index contributed by atoms with van der Waals surface area (Å²) in [6, 6.07) is 6.64. The van der Waals surface area contributed by atoms with Crippen LogP contribution in [0.2, 0.25) is 0 Å². The minimum atomic E-state index is -1.24. The van der Waals surface area contributed by atoms with Crippen molar-refractivity contribution in [3.05, 3.63) is 52.1 Å². The summed E-state index contributed by atoms with van der Waals surface area (Å²) in [6.45, 7) is 1.96. The van der Waals surface area contributed by atoms with E-state index in [9.17, 15) is 14.9 Å². The monoisotopic (exact) mass is 291 g/mol. The second-order valence-corrected chi connectivity index (χ2v) is 6.40. The average Bonchev–Trinajstić information content (AvgIpc) is 2.42. The van der Waals surface area contributed by atoms with Crippen LogP contribution in [0.5, 0.6) is 0 Å². The molecule has 2 aliphatic heterocycles. The summed E-state index contributed by atoms with van der Waals surface area (Å²) >= 11 is 1.20. The standard InChI is InChI=1S/C14H13NO4S/c1-9-2-4-11(5-3-9)20-14-7-6-10(19-13(14)16)8-12(14)15(17)18/h2-7,10,12H,8H2,1H3/t10-,12-,14-/m0/s1. The molecular formula is C14H13NO4S. The van der Waals surface area contributed by atoms with Crippen LogP contribution in [0.4, 0.5) is 0 Å². The van der Waals surface area contributed by atoms with Crippen molar-refractivity contribution >= 4 is 17.7 Å². The van der Waals surface area contributed by atoms with E-state index in [4.69, 9.17) is 4.74 Å². The number of hydrogen-bond donors (Lipinski definition) is 0. The number of hydrogen-bond acceptors (Lipinski definition) is 5. The van der Waals surface area contributed by atoms with E-state index in [0.29, 0.717) is 0 Å². The molecule has 0 unspecified atom stereocenters. The molecule has 3 atom stereocenters. The Kier molecular flexibility index (Phi) is 3.05. The first-order valence-electron chi connectivity index (χ1n) is 6.31. The number of benzene rings is 1. The zero-order valence-electron chi connectivity index (χ0n) is 10.8. The van der Waals surface area contributed by atoms with Crippen molar-refractivity contribution in [1.82, 2.24) is 0 Å². The van der Waals surface area contributed by atoms with Crippen molar-refractivity contribution in [2.24, 2.45) is 0 Å². The number of rotatable bonds is 3. The number of aryl methyl sites for hydroxylation is 1. The summed E-state index contributed by atoms with van der Waals surface area (Å²) in [5, 5.41) is 11.3. The molecule has 0 radical (unpaired) electrons. The third kappa shape index (κ3) is 2.00. The fourth-order valence-electron chi connectivity index (χ4n) is 2.54. The molecule has 6 heteroatoms. The van der Waals surface area contributed by atoms with E-state index in [1.807, 2.05) is 31.2 Å². The summed E-state index contributed by atoms with van der Waals surface area (Å²) in [6.07, 6.45) is 3.18. The number of fused-ring (bicyclic) bond motifs is 2. The highest BCUT2D eigenvalue weighted by atomic mass is 32.2. The van der Waals surface area contributed by atoms with Crippen molar-refractivity contribution < 1.29 is 14.5 Å². The Morgan fingerprint density at radius 1 is 1.40 bits per heavy atom. The lowest BCUT2D eigenvalue weighted by Crippen LogP contribution is -2.58. The maximum Gasteiger partial charge on any atom is 0.334 e. The van der Waals surface area contributed by atoms with Gasteiger partial charge in [0, 0.05) is 9.82 Å². The second-order valence-electron chi connectivity index (χ2n) is 5.05. The Bertz CT molecular complexity index is 598. The van der Waals surface area contributed by atoms with Gasteiger partial charge < -0.3 is 4.74 Å². The topological polar surface area (TPSA) is 69.4 Å². The van der Waals surface area contributed by atoms with Crippen molar-refractivity contribution in [2.45, 2.75) is 35.1 Å². The van der Waals surface area contributed by atoms with Crippen molar-refractivity contribution in [1.29, 1.82) is 0 Å². The molecule has 1 aromatic rings. The van der Waals surface area contributed by atoms with E-state index in [2.05, 4.69) is 0 Å². The van der Waals surface area contributed by atoms with Crippen LogP contribution in [0.15, 0.2) is 41.3 Å². The number of nitrogens with zero attached hydrogens (tertiary/aromatic N) is 1. The molecule has 4 rings (SSSR count). The summed E-state index contributed by atoms with van der Waals surface area (Å²) in [7, 11) is 0. The lowest BCUT2D eigenvalue weighted by molar-refractivity contribution is -0.529. The summed E-state index contributed by atoms with van der Waals surface area (Å²) in [4.78, 5) is 23.9. The van der Waals surface area contributed by atoms with Crippen molar-refractivity contribution in [2.75, 3.05) is 0 Å². The molecule has 5 nitrogen and oxygen atoms in total. The molecule has 0 saturated carbocycles. The van der Waals surface area contributed by atoms with E-state index < -0.39 is 22.9 Å². The molecule has 104 valence electrons. The zero-order chi connectivity index (χ0) is 14.3. The third-order valence-electron chi connectivity index (χ3n) is 3.65. The van der Waals surface area contributed by atoms with Gasteiger partial charge in [-0.1, -0.05) is 35.5 Å². The van der Waals surface area contributed by atoms with Crippen molar-refractivity contribution in [3.63, 3.8) is 0 Å². The van der Waals surface area contributed by atoms with Crippen LogP contribution in [0.3, 0.4) is 0 Å². The molecule has 1 aromatic carbocycles. The van der Waals surface area contributed by atoms with E-state index in [1.54, 1.807) is 12.2 Å². The molecule has 1 saturated heterocycles. The van der Waals surface area contributed by atoms with Gasteiger partial charge in [0.25, 0.3) is 0 Å². The summed E-state index contributed by atoms with van der Waals surface area (Å²) in [5.74, 6) is -0.511. The van der Waals surface area contributed by atoms with Gasteiger partial charge in [0.15, 0.2) is 0 Å². The highest BCUT2D eigenvalue weighted by molar-refractivity contribution is 8.01. The highest BCUT2D eigenvalue weighted by Crippen LogP contribution is 2.46. The zero-order valence-corrected chi connectivity index (χ0v) is 11.6. The van der Waals surface area contributed by atoms with Gasteiger partial charge in [0.1, 0.15) is 6.10 Å². The molecule has 1 fully saturated rings. The fourth-order valence-corrected chi connectivity index (χ4v) is 3.80. The number of thioether (sulfide) groups is 1. The molecule has 2 bridgehead atoms. The maximum atomic E-state index is 12.2. The number of ether oxygens (including phenoxy) is 1. The minimum Gasteiger partial charge on any atom is -0.456 e. The van der Waals surface area contributed by atoms with Crippen LogP contribution in [0, 0.1) is 17.0 Å². The molecule has 0 aromatic heterocycles. The summed E-state index contributed by atoms with van der Waals surface area (Å²) in [5.41, 5.74) is 1.10. The Morgan fingerprint density at radius 3 is 2.70 bits per heavy atom. The first-order valence-corrected chi connectivity index (χ1v) is 7.12. The van der Waals surface area contributed by atoms with Gasteiger partial charge in [-0.25, -0.2) is 4.79 Å². The van der Waals surface area contributed by atoms with Gasteiger partial charge in [-0.3, -0.25) is 10.1 Å². The SMILES string of the molecule is Cc1ccc(S[C@@]23C=C[C@@H](C[C@@H]2[N+](=O)[O-])OC3=O)cc1. The van der Waals surface area contributed by atoms with Gasteiger partial charge in [-0.2, -0.15) is 0 Å². The molecule has 20 heavy (non-hydrogen) atoms. The largest absolute Gasteiger partial charge is 0.456 e. The number of nitro groups is 1. The Labute approximate surface area is 120 Å². The Balaban J connectivity index is 1.99. The van der Waals surface area contributed by atoms with Gasteiger partial charge >= 0.3 is 5.97 Å². The van der Waals surface area contributed by atoms with Crippen molar-refractivity contribution in [3.8, 4) is 0 Å². The van der Waals surface area contributed by atoms with Crippen LogP contribution in [0.1, 0.15) is 12.0 Å². The van der Waals surface area contributed by atoms with Crippen LogP contribution in [-0.2, 0) is 9.53 Å². The van der Waals surface area contributed by atoms with Gasteiger partial charge in [0.2, 0.25) is 10.8 Å². The number of esters is 1. The fraction of sp³-hybridized carbons (Fsp3) is 0.357. The molecule has 0 N–H and O–H groups in total. The van der Waals surface area contributed by atoms with Crippen LogP contribution < -0.4 is 0 Å². The van der Waals surface area contributed by atoms with Crippen LogP contribution >= 0.6 is 11.8 Å². The quantitative estimate of drug-likeness (QED) is 0.370. The molecule has 3 aliphatic rings. The first-order chi connectivity index (χ1) is 9.51. The maximum absolute atomic E-state index is 12.2. The second kappa shape index (κ2) is 4.63.